The zero-order valence-corrected chi connectivity index (χ0v) is 10.5. The van der Waals surface area contributed by atoms with Crippen molar-refractivity contribution in [3.63, 3.8) is 0 Å². The number of H-pyrrole nitrogens is 1. The summed E-state index contributed by atoms with van der Waals surface area (Å²) in [5.41, 5.74) is 1.21. The molecule has 96 valence electrons. The maximum Gasteiger partial charge on any atom is 0.0946 e. The molecule has 1 N–H and O–H groups in total. The van der Waals surface area contributed by atoms with E-state index in [-0.39, 0.29) is 0 Å². The first-order valence-corrected chi connectivity index (χ1v) is 6.55. The first kappa shape index (κ1) is 11.5. The molecule has 3 rings (SSSR count). The van der Waals surface area contributed by atoms with E-state index < -0.39 is 0 Å². The van der Waals surface area contributed by atoms with Crippen LogP contribution in [0.2, 0.25) is 0 Å². The van der Waals surface area contributed by atoms with Crippen molar-refractivity contribution in [1.82, 2.24) is 24.4 Å². The first-order valence-electron chi connectivity index (χ1n) is 6.55. The minimum absolute atomic E-state index is 0.732. The molecule has 1 unspecified atom stereocenters. The molecule has 0 aliphatic carbocycles. The van der Waals surface area contributed by atoms with Crippen LogP contribution in [-0.4, -0.2) is 37.5 Å². The predicted octanol–water partition coefficient (Wildman–Crippen LogP) is 1.52. The van der Waals surface area contributed by atoms with Gasteiger partial charge in [-0.05, 0) is 25.3 Å². The Hall–Kier alpha value is -1.62. The number of hydrogen-bond acceptors (Lipinski definition) is 3. The topological polar surface area (TPSA) is 49.7 Å². The van der Waals surface area contributed by atoms with Crippen LogP contribution >= 0.6 is 0 Å². The maximum absolute atomic E-state index is 4.10. The van der Waals surface area contributed by atoms with Crippen LogP contribution < -0.4 is 0 Å². The number of hydrogen-bond donors (Lipinski definition) is 1. The van der Waals surface area contributed by atoms with Gasteiger partial charge in [0.05, 0.1) is 12.7 Å². The average molecular weight is 245 g/mol. The molecule has 0 radical (unpaired) electrons. The lowest BCUT2D eigenvalue weighted by atomic mass is 9.98. The fourth-order valence-electron chi connectivity index (χ4n) is 2.75. The van der Waals surface area contributed by atoms with Crippen LogP contribution in [0.25, 0.3) is 0 Å². The van der Waals surface area contributed by atoms with Crippen molar-refractivity contribution < 1.29 is 0 Å². The van der Waals surface area contributed by atoms with Crippen LogP contribution in [0.5, 0.6) is 0 Å². The van der Waals surface area contributed by atoms with Gasteiger partial charge in [-0.1, -0.05) is 0 Å². The van der Waals surface area contributed by atoms with Crippen LogP contribution in [-0.2, 0) is 13.1 Å². The molecule has 1 fully saturated rings. The minimum atomic E-state index is 0.732. The maximum atomic E-state index is 4.10. The SMILES string of the molecule is c1cn(CC2CCCN(Cc3cnc[nH]3)C2)cn1. The molecule has 0 bridgehead atoms. The van der Waals surface area contributed by atoms with Crippen LogP contribution in [0.1, 0.15) is 18.5 Å². The second kappa shape index (κ2) is 5.35. The van der Waals surface area contributed by atoms with E-state index in [0.29, 0.717) is 0 Å². The van der Waals surface area contributed by atoms with Gasteiger partial charge in [-0.15, -0.1) is 0 Å². The Morgan fingerprint density at radius 2 is 2.39 bits per heavy atom. The van der Waals surface area contributed by atoms with Crippen molar-refractivity contribution in [2.45, 2.75) is 25.9 Å². The van der Waals surface area contributed by atoms with E-state index in [1.807, 2.05) is 24.9 Å². The molecule has 18 heavy (non-hydrogen) atoms. The molecule has 0 saturated carbocycles. The van der Waals surface area contributed by atoms with Gasteiger partial charge >= 0.3 is 0 Å². The highest BCUT2D eigenvalue weighted by molar-refractivity contribution is 4.94. The standard InChI is InChI=1S/C13H19N5/c1-2-12(8-18-5-3-14-11-18)7-17(4-1)9-13-6-15-10-16-13/h3,5-6,10-12H,1-2,4,7-9H2,(H,15,16). The molecule has 2 aromatic rings. The number of imidazole rings is 2. The number of aromatic nitrogens is 4. The van der Waals surface area contributed by atoms with Crippen molar-refractivity contribution in [3.05, 3.63) is 36.9 Å². The Morgan fingerprint density at radius 1 is 1.39 bits per heavy atom. The second-order valence-electron chi connectivity index (χ2n) is 5.08. The number of aromatic amines is 1. The molecule has 2 aromatic heterocycles. The van der Waals surface area contributed by atoms with Gasteiger partial charge in [-0.3, -0.25) is 4.90 Å². The average Bonchev–Trinajstić information content (AvgIpc) is 3.03. The van der Waals surface area contributed by atoms with Crippen molar-refractivity contribution in [3.8, 4) is 0 Å². The predicted molar refractivity (Wildman–Crippen MR) is 68.8 cm³/mol. The van der Waals surface area contributed by atoms with Crippen LogP contribution in [0, 0.1) is 5.92 Å². The number of likely N-dealkylation sites (tertiary alicyclic amines) is 1. The molecule has 1 aliphatic rings. The third kappa shape index (κ3) is 2.79. The largest absolute Gasteiger partial charge is 0.347 e. The number of piperidine rings is 1. The molecule has 1 aliphatic heterocycles. The number of nitrogens with zero attached hydrogens (tertiary/aromatic N) is 4. The number of rotatable bonds is 4. The Bertz CT molecular complexity index is 405. The van der Waals surface area contributed by atoms with Crippen molar-refractivity contribution in [2.24, 2.45) is 5.92 Å². The van der Waals surface area contributed by atoms with Gasteiger partial charge in [0.1, 0.15) is 0 Å². The van der Waals surface area contributed by atoms with Gasteiger partial charge < -0.3 is 9.55 Å². The third-order valence-electron chi connectivity index (χ3n) is 3.58. The summed E-state index contributed by atoms with van der Waals surface area (Å²) in [6, 6.07) is 0. The highest BCUT2D eigenvalue weighted by atomic mass is 15.1. The van der Waals surface area contributed by atoms with Crippen LogP contribution in [0.15, 0.2) is 31.2 Å². The van der Waals surface area contributed by atoms with Gasteiger partial charge in [-0.2, -0.15) is 0 Å². The van der Waals surface area contributed by atoms with Gasteiger partial charge in [0.25, 0.3) is 0 Å². The summed E-state index contributed by atoms with van der Waals surface area (Å²) in [6.07, 6.45) is 12.1. The molecule has 0 spiro atoms. The summed E-state index contributed by atoms with van der Waals surface area (Å²) < 4.78 is 2.18. The lowest BCUT2D eigenvalue weighted by molar-refractivity contribution is 0.154. The molecule has 0 amide bonds. The highest BCUT2D eigenvalue weighted by Gasteiger charge is 2.20. The fraction of sp³-hybridized carbons (Fsp3) is 0.538. The van der Waals surface area contributed by atoms with Gasteiger partial charge in [0, 0.05) is 43.9 Å². The minimum Gasteiger partial charge on any atom is -0.347 e. The summed E-state index contributed by atoms with van der Waals surface area (Å²) in [7, 11) is 0. The molecule has 3 heterocycles. The summed E-state index contributed by atoms with van der Waals surface area (Å²) in [6.45, 7) is 4.43. The molecule has 0 aromatic carbocycles. The Morgan fingerprint density at radius 3 is 3.17 bits per heavy atom. The van der Waals surface area contributed by atoms with Crippen molar-refractivity contribution in [2.75, 3.05) is 13.1 Å². The van der Waals surface area contributed by atoms with E-state index in [2.05, 4.69) is 24.4 Å². The summed E-state index contributed by atoms with van der Waals surface area (Å²) in [5, 5.41) is 0. The molecular formula is C13H19N5. The Labute approximate surface area is 107 Å². The molecule has 1 atom stereocenters. The van der Waals surface area contributed by atoms with Gasteiger partial charge in [0.15, 0.2) is 0 Å². The Kier molecular flexibility index (Phi) is 3.41. The zero-order chi connectivity index (χ0) is 12.2. The summed E-state index contributed by atoms with van der Waals surface area (Å²) in [5.74, 6) is 0.732. The van der Waals surface area contributed by atoms with Crippen molar-refractivity contribution in [1.29, 1.82) is 0 Å². The summed E-state index contributed by atoms with van der Waals surface area (Å²) >= 11 is 0. The monoisotopic (exact) mass is 245 g/mol. The lowest BCUT2D eigenvalue weighted by Crippen LogP contribution is -2.36. The van der Waals surface area contributed by atoms with E-state index in [1.165, 1.54) is 25.1 Å². The first-order chi connectivity index (χ1) is 8.90. The van der Waals surface area contributed by atoms with E-state index in [1.54, 1.807) is 6.33 Å². The zero-order valence-electron chi connectivity index (χ0n) is 10.5. The quantitative estimate of drug-likeness (QED) is 0.888. The van der Waals surface area contributed by atoms with E-state index >= 15 is 0 Å². The van der Waals surface area contributed by atoms with Crippen molar-refractivity contribution >= 4 is 0 Å². The normalized spacial score (nSPS) is 21.2. The van der Waals surface area contributed by atoms with E-state index in [0.717, 1.165) is 25.6 Å². The third-order valence-corrected chi connectivity index (χ3v) is 3.58. The smallest absolute Gasteiger partial charge is 0.0946 e. The van der Waals surface area contributed by atoms with Gasteiger partial charge in [0.2, 0.25) is 0 Å². The second-order valence-corrected chi connectivity index (χ2v) is 5.08. The molecule has 5 nitrogen and oxygen atoms in total. The Balaban J connectivity index is 1.55. The molecular weight excluding hydrogens is 226 g/mol. The van der Waals surface area contributed by atoms with Crippen LogP contribution in [0.4, 0.5) is 0 Å². The lowest BCUT2D eigenvalue weighted by Gasteiger charge is -2.32. The fourth-order valence-corrected chi connectivity index (χ4v) is 2.75. The molecule has 5 heteroatoms. The van der Waals surface area contributed by atoms with Gasteiger partial charge in [-0.25, -0.2) is 9.97 Å². The highest BCUT2D eigenvalue weighted by Crippen LogP contribution is 2.19. The molecule has 1 saturated heterocycles. The van der Waals surface area contributed by atoms with Crippen LogP contribution in [0.3, 0.4) is 0 Å². The number of nitrogens with one attached hydrogen (secondary N) is 1. The van der Waals surface area contributed by atoms with E-state index in [4.69, 9.17) is 0 Å². The summed E-state index contributed by atoms with van der Waals surface area (Å²) in [4.78, 5) is 13.9. The van der Waals surface area contributed by atoms with E-state index in [9.17, 15) is 0 Å².